The van der Waals surface area contributed by atoms with Gasteiger partial charge >= 0.3 is 0 Å². The standard InChI is InChI=1S/C21H20O5/c1-12-6-5-7-13(10-12)18(22)15-9-8-14-16(19(15)23)11-17(24-2)21(26-4)20(14)25-3/h5-7,9-11H,8H2,1-4H3. The highest BCUT2D eigenvalue weighted by molar-refractivity contribution is 6.32. The molecule has 0 bridgehead atoms. The number of hydrogen-bond donors (Lipinski definition) is 0. The summed E-state index contributed by atoms with van der Waals surface area (Å²) in [6, 6.07) is 8.82. The zero-order valence-electron chi connectivity index (χ0n) is 15.2. The van der Waals surface area contributed by atoms with Gasteiger partial charge in [-0.05, 0) is 25.5 Å². The molecule has 134 valence electrons. The normalized spacial score (nSPS) is 12.9. The van der Waals surface area contributed by atoms with E-state index in [1.807, 2.05) is 13.0 Å². The van der Waals surface area contributed by atoms with Gasteiger partial charge < -0.3 is 14.2 Å². The van der Waals surface area contributed by atoms with Crippen molar-refractivity contribution in [1.82, 2.24) is 0 Å². The zero-order chi connectivity index (χ0) is 18.8. The van der Waals surface area contributed by atoms with E-state index in [1.54, 1.807) is 30.3 Å². The molecule has 0 aromatic heterocycles. The number of methoxy groups -OCH3 is 3. The Morgan fingerprint density at radius 2 is 1.73 bits per heavy atom. The molecule has 0 atom stereocenters. The fraction of sp³-hybridized carbons (Fsp3) is 0.238. The summed E-state index contributed by atoms with van der Waals surface area (Å²) in [5.41, 5.74) is 2.72. The second kappa shape index (κ2) is 7.04. The molecule has 0 aliphatic heterocycles. The van der Waals surface area contributed by atoms with E-state index < -0.39 is 0 Å². The van der Waals surface area contributed by atoms with E-state index in [-0.39, 0.29) is 17.1 Å². The fourth-order valence-electron chi connectivity index (χ4n) is 3.20. The maximum Gasteiger partial charge on any atom is 0.203 e. The molecular formula is C21H20O5. The maximum atomic E-state index is 13.0. The van der Waals surface area contributed by atoms with E-state index in [4.69, 9.17) is 14.2 Å². The van der Waals surface area contributed by atoms with Crippen molar-refractivity contribution in [3.05, 3.63) is 64.2 Å². The van der Waals surface area contributed by atoms with Crippen molar-refractivity contribution in [2.24, 2.45) is 0 Å². The van der Waals surface area contributed by atoms with Crippen LogP contribution in [0.3, 0.4) is 0 Å². The SMILES string of the molecule is COc1cc2c(c(OC)c1OC)CC=C(C(=O)c1cccc(C)c1)C2=O. The molecule has 0 radical (unpaired) electrons. The number of ketones is 2. The molecule has 0 saturated heterocycles. The van der Waals surface area contributed by atoms with Gasteiger partial charge in [-0.15, -0.1) is 0 Å². The van der Waals surface area contributed by atoms with Gasteiger partial charge in [-0.3, -0.25) is 9.59 Å². The summed E-state index contributed by atoms with van der Waals surface area (Å²) < 4.78 is 16.1. The van der Waals surface area contributed by atoms with Gasteiger partial charge in [0.2, 0.25) is 5.75 Å². The van der Waals surface area contributed by atoms with Crippen molar-refractivity contribution >= 4 is 11.6 Å². The number of carbonyl (C=O) groups is 2. The monoisotopic (exact) mass is 352 g/mol. The zero-order valence-corrected chi connectivity index (χ0v) is 15.2. The summed E-state index contributed by atoms with van der Waals surface area (Å²) in [5, 5.41) is 0. The molecule has 0 amide bonds. The lowest BCUT2D eigenvalue weighted by atomic mass is 9.85. The minimum atomic E-state index is -0.336. The lowest BCUT2D eigenvalue weighted by Crippen LogP contribution is -2.20. The van der Waals surface area contributed by atoms with E-state index in [1.165, 1.54) is 21.3 Å². The van der Waals surface area contributed by atoms with Gasteiger partial charge in [0, 0.05) is 16.7 Å². The van der Waals surface area contributed by atoms with Crippen LogP contribution in [-0.4, -0.2) is 32.9 Å². The molecule has 1 aliphatic rings. The number of allylic oxidation sites excluding steroid dienone is 2. The summed E-state index contributed by atoms with van der Waals surface area (Å²) >= 11 is 0. The van der Waals surface area contributed by atoms with Crippen LogP contribution >= 0.6 is 0 Å². The number of hydrogen-bond acceptors (Lipinski definition) is 5. The Morgan fingerprint density at radius 3 is 2.35 bits per heavy atom. The molecule has 0 fully saturated rings. The van der Waals surface area contributed by atoms with Gasteiger partial charge in [0.15, 0.2) is 23.1 Å². The average molecular weight is 352 g/mol. The molecule has 0 heterocycles. The van der Waals surface area contributed by atoms with Crippen molar-refractivity contribution in [2.75, 3.05) is 21.3 Å². The summed E-state index contributed by atoms with van der Waals surface area (Å²) in [4.78, 5) is 25.8. The number of carbonyl (C=O) groups excluding carboxylic acids is 2. The lowest BCUT2D eigenvalue weighted by molar-refractivity contribution is 0.0959. The topological polar surface area (TPSA) is 61.8 Å². The molecule has 5 heteroatoms. The number of rotatable bonds is 5. The number of aryl methyl sites for hydroxylation is 1. The molecule has 0 saturated carbocycles. The Balaban J connectivity index is 2.08. The first-order chi connectivity index (χ1) is 12.5. The minimum absolute atomic E-state index is 0.164. The molecule has 2 aromatic carbocycles. The van der Waals surface area contributed by atoms with Crippen LogP contribution in [0.5, 0.6) is 17.2 Å². The third-order valence-electron chi connectivity index (χ3n) is 4.46. The summed E-state index contributed by atoms with van der Waals surface area (Å²) in [7, 11) is 4.52. The Hall–Kier alpha value is -3.08. The second-order valence-electron chi connectivity index (χ2n) is 6.02. The van der Waals surface area contributed by atoms with Crippen LogP contribution in [0.4, 0.5) is 0 Å². The molecule has 0 unspecified atom stereocenters. The molecule has 1 aliphatic carbocycles. The van der Waals surface area contributed by atoms with E-state index in [9.17, 15) is 9.59 Å². The van der Waals surface area contributed by atoms with Gasteiger partial charge in [0.25, 0.3) is 0 Å². The van der Waals surface area contributed by atoms with Crippen LogP contribution < -0.4 is 14.2 Å². The van der Waals surface area contributed by atoms with Gasteiger partial charge in [-0.25, -0.2) is 0 Å². The third-order valence-corrected chi connectivity index (χ3v) is 4.46. The Morgan fingerprint density at radius 1 is 1.00 bits per heavy atom. The number of Topliss-reactive ketones (excluding diaryl/α,β-unsaturated/α-hetero) is 2. The van der Waals surface area contributed by atoms with Gasteiger partial charge in [0.1, 0.15) is 0 Å². The highest BCUT2D eigenvalue weighted by Crippen LogP contribution is 2.44. The average Bonchev–Trinajstić information content (AvgIpc) is 2.66. The quantitative estimate of drug-likeness (QED) is 0.608. The van der Waals surface area contributed by atoms with Crippen molar-refractivity contribution in [1.29, 1.82) is 0 Å². The number of ether oxygens (including phenoxy) is 3. The van der Waals surface area contributed by atoms with Crippen molar-refractivity contribution < 1.29 is 23.8 Å². The molecule has 26 heavy (non-hydrogen) atoms. The molecule has 3 rings (SSSR count). The van der Waals surface area contributed by atoms with Gasteiger partial charge in [0.05, 0.1) is 26.9 Å². The Labute approximate surface area is 152 Å². The van der Waals surface area contributed by atoms with Crippen LogP contribution in [0.1, 0.15) is 31.8 Å². The van der Waals surface area contributed by atoms with Gasteiger partial charge in [-0.1, -0.05) is 29.8 Å². The number of fused-ring (bicyclic) bond motifs is 1. The maximum absolute atomic E-state index is 13.0. The van der Waals surface area contributed by atoms with Crippen molar-refractivity contribution in [3.63, 3.8) is 0 Å². The first kappa shape index (κ1) is 17.7. The van der Waals surface area contributed by atoms with Crippen LogP contribution in [-0.2, 0) is 6.42 Å². The molecular weight excluding hydrogens is 332 g/mol. The first-order valence-electron chi connectivity index (χ1n) is 8.19. The second-order valence-corrected chi connectivity index (χ2v) is 6.02. The summed E-state index contributed by atoms with van der Waals surface area (Å²) in [6.07, 6.45) is 2.06. The van der Waals surface area contributed by atoms with E-state index in [0.717, 1.165) is 5.56 Å². The number of benzene rings is 2. The highest BCUT2D eigenvalue weighted by Gasteiger charge is 2.31. The van der Waals surface area contributed by atoms with E-state index >= 15 is 0 Å². The molecule has 2 aromatic rings. The van der Waals surface area contributed by atoms with Crippen molar-refractivity contribution in [2.45, 2.75) is 13.3 Å². The predicted molar refractivity (Wildman–Crippen MR) is 97.7 cm³/mol. The van der Waals surface area contributed by atoms with Gasteiger partial charge in [-0.2, -0.15) is 0 Å². The Kier molecular flexibility index (Phi) is 4.80. The molecule has 0 spiro atoms. The lowest BCUT2D eigenvalue weighted by Gasteiger charge is -2.21. The van der Waals surface area contributed by atoms with Crippen LogP contribution in [0.15, 0.2) is 42.0 Å². The van der Waals surface area contributed by atoms with Crippen LogP contribution in [0.2, 0.25) is 0 Å². The molecule has 0 N–H and O–H groups in total. The summed E-state index contributed by atoms with van der Waals surface area (Å²) in [6.45, 7) is 1.91. The van der Waals surface area contributed by atoms with E-state index in [0.29, 0.717) is 40.4 Å². The fourth-order valence-corrected chi connectivity index (χ4v) is 3.20. The largest absolute Gasteiger partial charge is 0.493 e. The third kappa shape index (κ3) is 2.86. The minimum Gasteiger partial charge on any atom is -0.493 e. The smallest absolute Gasteiger partial charge is 0.203 e. The highest BCUT2D eigenvalue weighted by atomic mass is 16.5. The van der Waals surface area contributed by atoms with Crippen LogP contribution in [0, 0.1) is 6.92 Å². The molecule has 5 nitrogen and oxygen atoms in total. The summed E-state index contributed by atoms with van der Waals surface area (Å²) in [5.74, 6) is 0.660. The van der Waals surface area contributed by atoms with Crippen molar-refractivity contribution in [3.8, 4) is 17.2 Å². The first-order valence-corrected chi connectivity index (χ1v) is 8.19. The predicted octanol–water partition coefficient (Wildman–Crippen LogP) is 3.57. The Bertz CT molecular complexity index is 924. The van der Waals surface area contributed by atoms with Crippen LogP contribution in [0.25, 0.3) is 0 Å². The van der Waals surface area contributed by atoms with E-state index in [2.05, 4.69) is 0 Å².